The summed E-state index contributed by atoms with van der Waals surface area (Å²) in [5.74, 6) is 0.516. The Kier molecular flexibility index (Phi) is 6.45. The summed E-state index contributed by atoms with van der Waals surface area (Å²) in [7, 11) is 0. The van der Waals surface area contributed by atoms with Crippen LogP contribution in [-0.2, 0) is 5.41 Å². The van der Waals surface area contributed by atoms with Crippen LogP contribution in [0.3, 0.4) is 0 Å². The second-order valence-electron chi connectivity index (χ2n) is 6.43. The number of rotatable bonds is 8. The average Bonchev–Trinajstić information content (AvgIpc) is 2.48. The molecule has 1 nitrogen and oxygen atoms in total. The Bertz CT molecular complexity index is 414. The molecule has 0 aliphatic rings. The van der Waals surface area contributed by atoms with Gasteiger partial charge in [0.05, 0.1) is 0 Å². The highest BCUT2D eigenvalue weighted by Crippen LogP contribution is 2.27. The summed E-state index contributed by atoms with van der Waals surface area (Å²) in [6.07, 6.45) is 5.38. The largest absolute Gasteiger partial charge is 0.294 e. The summed E-state index contributed by atoms with van der Waals surface area (Å²) in [5, 5.41) is 0. The second kappa shape index (κ2) is 7.61. The molecule has 0 N–H and O–H groups in total. The molecule has 0 aromatic heterocycles. The molecule has 112 valence electrons. The van der Waals surface area contributed by atoms with Crippen LogP contribution < -0.4 is 0 Å². The zero-order valence-electron chi connectivity index (χ0n) is 13.8. The molecule has 0 heterocycles. The Morgan fingerprint density at radius 2 is 1.70 bits per heavy atom. The molecule has 0 aliphatic carbocycles. The fourth-order valence-electron chi connectivity index (χ4n) is 2.50. The molecule has 0 radical (unpaired) electrons. The zero-order valence-corrected chi connectivity index (χ0v) is 13.8. The zero-order chi connectivity index (χ0) is 15.2. The van der Waals surface area contributed by atoms with Gasteiger partial charge in [-0.05, 0) is 30.2 Å². The van der Waals surface area contributed by atoms with Gasteiger partial charge in [0, 0.05) is 11.5 Å². The summed E-state index contributed by atoms with van der Waals surface area (Å²) in [5.41, 5.74) is 2.38. The van der Waals surface area contributed by atoms with Crippen LogP contribution in [0.25, 0.3) is 0 Å². The van der Waals surface area contributed by atoms with Gasteiger partial charge in [-0.25, -0.2) is 0 Å². The Balaban J connectivity index is 2.84. The van der Waals surface area contributed by atoms with Gasteiger partial charge < -0.3 is 0 Å². The van der Waals surface area contributed by atoms with Gasteiger partial charge in [-0.2, -0.15) is 0 Å². The minimum Gasteiger partial charge on any atom is -0.294 e. The molecule has 1 rings (SSSR count). The lowest BCUT2D eigenvalue weighted by molar-refractivity contribution is 0.0908. The highest BCUT2D eigenvalue weighted by Gasteiger charge is 2.20. The Hall–Kier alpha value is -1.11. The van der Waals surface area contributed by atoms with Crippen molar-refractivity contribution in [2.75, 3.05) is 0 Å². The van der Waals surface area contributed by atoms with Crippen LogP contribution >= 0.6 is 0 Å². The van der Waals surface area contributed by atoms with E-state index in [2.05, 4.69) is 46.8 Å². The SMILES string of the molecule is CCCCC(CC)C(=O)c1ccc(C(C)(C)CC)cc1. The van der Waals surface area contributed by atoms with Crippen LogP contribution in [0.4, 0.5) is 0 Å². The van der Waals surface area contributed by atoms with E-state index in [4.69, 9.17) is 0 Å². The molecule has 0 saturated heterocycles. The van der Waals surface area contributed by atoms with Crippen molar-refractivity contribution in [2.24, 2.45) is 5.92 Å². The molecule has 1 heteroatoms. The third-order valence-corrected chi connectivity index (χ3v) is 4.60. The molecule has 0 saturated carbocycles. The van der Waals surface area contributed by atoms with E-state index in [1.54, 1.807) is 0 Å². The maximum absolute atomic E-state index is 12.5. The summed E-state index contributed by atoms with van der Waals surface area (Å²) in [6.45, 7) is 11.0. The number of benzene rings is 1. The number of carbonyl (C=O) groups excluding carboxylic acids is 1. The summed E-state index contributed by atoms with van der Waals surface area (Å²) >= 11 is 0. The lowest BCUT2D eigenvalue weighted by Gasteiger charge is -2.23. The van der Waals surface area contributed by atoms with E-state index in [1.807, 2.05) is 12.1 Å². The highest BCUT2D eigenvalue weighted by atomic mass is 16.1. The lowest BCUT2D eigenvalue weighted by Crippen LogP contribution is -2.17. The molecule has 1 aromatic rings. The standard InChI is InChI=1S/C19H30O/c1-6-9-10-15(7-2)18(20)16-11-13-17(14-12-16)19(4,5)8-3/h11-15H,6-10H2,1-5H3. The first-order chi connectivity index (χ1) is 9.46. The van der Waals surface area contributed by atoms with Gasteiger partial charge in [0.2, 0.25) is 0 Å². The highest BCUT2D eigenvalue weighted by molar-refractivity contribution is 5.97. The maximum atomic E-state index is 12.5. The molecule has 0 bridgehead atoms. The van der Waals surface area contributed by atoms with Crippen molar-refractivity contribution < 1.29 is 4.79 Å². The molecular weight excluding hydrogens is 244 g/mol. The van der Waals surface area contributed by atoms with Crippen LogP contribution in [0.2, 0.25) is 0 Å². The first kappa shape index (κ1) is 16.9. The van der Waals surface area contributed by atoms with E-state index < -0.39 is 0 Å². The fourth-order valence-corrected chi connectivity index (χ4v) is 2.50. The van der Waals surface area contributed by atoms with Crippen LogP contribution in [0, 0.1) is 5.92 Å². The van der Waals surface area contributed by atoms with Crippen LogP contribution in [0.1, 0.15) is 82.6 Å². The molecule has 1 unspecified atom stereocenters. The van der Waals surface area contributed by atoms with Crippen molar-refractivity contribution in [3.05, 3.63) is 35.4 Å². The van der Waals surface area contributed by atoms with Gasteiger partial charge in [0.15, 0.2) is 5.78 Å². The molecule has 1 aromatic carbocycles. The van der Waals surface area contributed by atoms with Crippen molar-refractivity contribution >= 4 is 5.78 Å². The molecule has 0 spiro atoms. The number of ketones is 1. The monoisotopic (exact) mass is 274 g/mol. The van der Waals surface area contributed by atoms with E-state index in [0.717, 1.165) is 37.7 Å². The average molecular weight is 274 g/mol. The van der Waals surface area contributed by atoms with Gasteiger partial charge in [0.25, 0.3) is 0 Å². The topological polar surface area (TPSA) is 17.1 Å². The van der Waals surface area contributed by atoms with Gasteiger partial charge in [-0.1, -0.05) is 71.7 Å². The van der Waals surface area contributed by atoms with E-state index in [-0.39, 0.29) is 11.3 Å². The first-order valence-electron chi connectivity index (χ1n) is 8.11. The van der Waals surface area contributed by atoms with E-state index in [9.17, 15) is 4.79 Å². The molecule has 1 atom stereocenters. The fraction of sp³-hybridized carbons (Fsp3) is 0.632. The van der Waals surface area contributed by atoms with Crippen molar-refractivity contribution in [3.8, 4) is 0 Å². The number of hydrogen-bond donors (Lipinski definition) is 0. The molecule has 0 fully saturated rings. The van der Waals surface area contributed by atoms with Gasteiger partial charge >= 0.3 is 0 Å². The quantitative estimate of drug-likeness (QED) is 0.550. The third kappa shape index (κ3) is 4.19. The van der Waals surface area contributed by atoms with Crippen molar-refractivity contribution in [1.29, 1.82) is 0 Å². The number of unbranched alkanes of at least 4 members (excludes halogenated alkanes) is 1. The number of carbonyl (C=O) groups is 1. The van der Waals surface area contributed by atoms with Crippen LogP contribution in [0.5, 0.6) is 0 Å². The molecule has 0 aliphatic heterocycles. The number of hydrogen-bond acceptors (Lipinski definition) is 1. The van der Waals surface area contributed by atoms with Crippen molar-refractivity contribution in [1.82, 2.24) is 0 Å². The van der Waals surface area contributed by atoms with Crippen molar-refractivity contribution in [2.45, 2.75) is 72.1 Å². The van der Waals surface area contributed by atoms with E-state index >= 15 is 0 Å². The van der Waals surface area contributed by atoms with E-state index in [0.29, 0.717) is 5.78 Å². The van der Waals surface area contributed by atoms with Crippen LogP contribution in [0.15, 0.2) is 24.3 Å². The molecule has 0 amide bonds. The van der Waals surface area contributed by atoms with Gasteiger partial charge in [-0.3, -0.25) is 4.79 Å². The summed E-state index contributed by atoms with van der Waals surface area (Å²) in [6, 6.07) is 8.29. The molecular formula is C19H30O. The number of Topliss-reactive ketones (excluding diaryl/α,β-unsaturated/α-hetero) is 1. The summed E-state index contributed by atoms with van der Waals surface area (Å²) < 4.78 is 0. The normalized spacial score (nSPS) is 13.2. The minimum absolute atomic E-state index is 0.188. The predicted molar refractivity (Wildman–Crippen MR) is 87.4 cm³/mol. The second-order valence-corrected chi connectivity index (χ2v) is 6.43. The summed E-state index contributed by atoms with van der Waals surface area (Å²) in [4.78, 5) is 12.5. The lowest BCUT2D eigenvalue weighted by atomic mass is 9.81. The maximum Gasteiger partial charge on any atom is 0.165 e. The Morgan fingerprint density at radius 3 is 2.15 bits per heavy atom. The van der Waals surface area contributed by atoms with Crippen LogP contribution in [-0.4, -0.2) is 5.78 Å². The first-order valence-corrected chi connectivity index (χ1v) is 8.11. The van der Waals surface area contributed by atoms with Gasteiger partial charge in [0.1, 0.15) is 0 Å². The Morgan fingerprint density at radius 1 is 1.10 bits per heavy atom. The third-order valence-electron chi connectivity index (χ3n) is 4.60. The van der Waals surface area contributed by atoms with Gasteiger partial charge in [-0.15, -0.1) is 0 Å². The Labute approximate surface area is 124 Å². The predicted octanol–water partition coefficient (Wildman–Crippen LogP) is 5.77. The van der Waals surface area contributed by atoms with Crippen molar-refractivity contribution in [3.63, 3.8) is 0 Å². The molecule has 20 heavy (non-hydrogen) atoms. The minimum atomic E-state index is 0.188. The smallest absolute Gasteiger partial charge is 0.165 e. The van der Waals surface area contributed by atoms with E-state index in [1.165, 1.54) is 5.56 Å².